The normalized spacial score (nSPS) is 24.3. The zero-order valence-electron chi connectivity index (χ0n) is 13.2. The molecule has 1 saturated heterocycles. The molecule has 0 saturated carbocycles. The lowest BCUT2D eigenvalue weighted by Crippen LogP contribution is -2.48. The van der Waals surface area contributed by atoms with Crippen LogP contribution in [0.4, 0.5) is 0 Å². The number of morpholine rings is 1. The van der Waals surface area contributed by atoms with Gasteiger partial charge in [0, 0.05) is 31.4 Å². The Morgan fingerprint density at radius 2 is 1.91 bits per heavy atom. The molecular formula is C17H24N4O. The van der Waals surface area contributed by atoms with E-state index >= 15 is 0 Å². The molecule has 3 rings (SSSR count). The van der Waals surface area contributed by atoms with Gasteiger partial charge in [0.1, 0.15) is 0 Å². The van der Waals surface area contributed by atoms with Crippen LogP contribution in [0.15, 0.2) is 42.7 Å². The van der Waals surface area contributed by atoms with Crippen molar-refractivity contribution in [2.75, 3.05) is 19.6 Å². The van der Waals surface area contributed by atoms with Crippen LogP contribution in [0.5, 0.6) is 0 Å². The summed E-state index contributed by atoms with van der Waals surface area (Å²) in [7, 11) is 0. The predicted molar refractivity (Wildman–Crippen MR) is 86.9 cm³/mol. The highest BCUT2D eigenvalue weighted by Crippen LogP contribution is 2.24. The number of rotatable bonds is 4. The highest BCUT2D eigenvalue weighted by molar-refractivity contribution is 5.31. The lowest BCUT2D eigenvalue weighted by molar-refractivity contribution is -0.0799. The second-order valence-electron chi connectivity index (χ2n) is 6.02. The van der Waals surface area contributed by atoms with Crippen molar-refractivity contribution < 1.29 is 4.74 Å². The molecule has 118 valence electrons. The molecule has 3 atom stereocenters. The van der Waals surface area contributed by atoms with E-state index in [0.29, 0.717) is 6.54 Å². The minimum atomic E-state index is 0.186. The Bertz CT molecular complexity index is 588. The Morgan fingerprint density at radius 1 is 1.23 bits per heavy atom. The van der Waals surface area contributed by atoms with Crippen LogP contribution in [0.25, 0.3) is 5.69 Å². The standard InChI is InChI=1S/C17H24N4O/c1-13-10-20(11-14(2)22-13)17(8-18)15-9-19-21(12-15)16-6-4-3-5-7-16/h3-7,9,12-14,17H,8,10-11,18H2,1-2H3. The van der Waals surface area contributed by atoms with Crippen LogP contribution in [0, 0.1) is 0 Å². The van der Waals surface area contributed by atoms with Crippen LogP contribution in [-0.2, 0) is 4.74 Å². The van der Waals surface area contributed by atoms with Gasteiger partial charge in [-0.1, -0.05) is 18.2 Å². The van der Waals surface area contributed by atoms with Gasteiger partial charge in [-0.05, 0) is 26.0 Å². The molecule has 0 radical (unpaired) electrons. The quantitative estimate of drug-likeness (QED) is 0.938. The van der Waals surface area contributed by atoms with E-state index < -0.39 is 0 Å². The summed E-state index contributed by atoms with van der Waals surface area (Å²) in [4.78, 5) is 2.41. The molecule has 1 aliphatic rings. The SMILES string of the molecule is CC1CN(C(CN)c2cnn(-c3ccccc3)c2)CC(C)O1. The van der Waals surface area contributed by atoms with Gasteiger partial charge in [-0.2, -0.15) is 5.10 Å². The number of nitrogens with two attached hydrogens (primary N) is 1. The molecule has 1 aromatic carbocycles. The summed E-state index contributed by atoms with van der Waals surface area (Å²) in [6, 6.07) is 10.3. The molecule has 2 N–H and O–H groups in total. The average Bonchev–Trinajstić information content (AvgIpc) is 2.98. The molecule has 22 heavy (non-hydrogen) atoms. The fraction of sp³-hybridized carbons (Fsp3) is 0.471. The van der Waals surface area contributed by atoms with Gasteiger partial charge in [-0.25, -0.2) is 4.68 Å². The molecule has 1 fully saturated rings. The first-order valence-corrected chi connectivity index (χ1v) is 7.87. The largest absolute Gasteiger partial charge is 0.373 e. The fourth-order valence-corrected chi connectivity index (χ4v) is 3.20. The van der Waals surface area contributed by atoms with Crippen molar-refractivity contribution in [3.63, 3.8) is 0 Å². The number of aromatic nitrogens is 2. The third kappa shape index (κ3) is 3.21. The summed E-state index contributed by atoms with van der Waals surface area (Å²) in [6.45, 7) is 6.62. The second-order valence-corrected chi connectivity index (χ2v) is 6.02. The smallest absolute Gasteiger partial charge is 0.0678 e. The van der Waals surface area contributed by atoms with Gasteiger partial charge in [-0.15, -0.1) is 0 Å². The van der Waals surface area contributed by atoms with Gasteiger partial charge in [0.2, 0.25) is 0 Å². The van der Waals surface area contributed by atoms with E-state index in [0.717, 1.165) is 24.3 Å². The third-order valence-corrected chi connectivity index (χ3v) is 4.12. The van der Waals surface area contributed by atoms with Gasteiger partial charge in [0.15, 0.2) is 0 Å². The van der Waals surface area contributed by atoms with Gasteiger partial charge in [-0.3, -0.25) is 4.90 Å². The number of hydrogen-bond acceptors (Lipinski definition) is 4. The molecule has 5 nitrogen and oxygen atoms in total. The van der Waals surface area contributed by atoms with E-state index in [2.05, 4.69) is 30.0 Å². The molecular weight excluding hydrogens is 276 g/mol. The summed E-state index contributed by atoms with van der Waals surface area (Å²) in [6.07, 6.45) is 4.48. The van der Waals surface area contributed by atoms with Crippen LogP contribution in [-0.4, -0.2) is 46.5 Å². The monoisotopic (exact) mass is 300 g/mol. The molecule has 5 heteroatoms. The molecule has 2 heterocycles. The number of para-hydroxylation sites is 1. The Hall–Kier alpha value is -1.69. The molecule has 0 amide bonds. The van der Waals surface area contributed by atoms with Crippen molar-refractivity contribution >= 4 is 0 Å². The van der Waals surface area contributed by atoms with Crippen LogP contribution >= 0.6 is 0 Å². The zero-order valence-corrected chi connectivity index (χ0v) is 13.2. The number of ether oxygens (including phenoxy) is 1. The Balaban J connectivity index is 1.81. The lowest BCUT2D eigenvalue weighted by Gasteiger charge is -2.39. The molecule has 3 unspecified atom stereocenters. The van der Waals surface area contributed by atoms with E-state index in [4.69, 9.17) is 10.5 Å². The summed E-state index contributed by atoms with van der Waals surface area (Å²) in [5.41, 5.74) is 8.28. The number of nitrogens with zero attached hydrogens (tertiary/aromatic N) is 3. The van der Waals surface area contributed by atoms with Crippen molar-refractivity contribution in [2.24, 2.45) is 5.73 Å². The molecule has 0 spiro atoms. The van der Waals surface area contributed by atoms with E-state index in [1.807, 2.05) is 41.2 Å². The molecule has 1 aromatic heterocycles. The third-order valence-electron chi connectivity index (χ3n) is 4.12. The van der Waals surface area contributed by atoms with Crippen LogP contribution in [0.3, 0.4) is 0 Å². The van der Waals surface area contributed by atoms with Crippen molar-refractivity contribution in [2.45, 2.75) is 32.1 Å². The lowest BCUT2D eigenvalue weighted by atomic mass is 10.1. The van der Waals surface area contributed by atoms with Crippen molar-refractivity contribution in [3.8, 4) is 5.69 Å². The summed E-state index contributed by atoms with van der Waals surface area (Å²) >= 11 is 0. The summed E-state index contributed by atoms with van der Waals surface area (Å²) < 4.78 is 7.73. The van der Waals surface area contributed by atoms with Gasteiger partial charge in [0.05, 0.1) is 30.1 Å². The van der Waals surface area contributed by atoms with Gasteiger partial charge in [0.25, 0.3) is 0 Å². The topological polar surface area (TPSA) is 56.3 Å². The van der Waals surface area contributed by atoms with Gasteiger partial charge < -0.3 is 10.5 Å². The van der Waals surface area contributed by atoms with E-state index in [9.17, 15) is 0 Å². The molecule has 0 aliphatic carbocycles. The first-order chi connectivity index (χ1) is 10.7. The maximum Gasteiger partial charge on any atom is 0.0678 e. The second kappa shape index (κ2) is 6.60. The molecule has 1 aliphatic heterocycles. The van der Waals surface area contributed by atoms with Crippen LogP contribution in [0.1, 0.15) is 25.5 Å². The highest BCUT2D eigenvalue weighted by Gasteiger charge is 2.28. The van der Waals surface area contributed by atoms with Crippen molar-refractivity contribution in [1.82, 2.24) is 14.7 Å². The summed E-state index contributed by atoms with van der Waals surface area (Å²) in [5, 5.41) is 4.49. The van der Waals surface area contributed by atoms with Crippen LogP contribution in [0.2, 0.25) is 0 Å². The Kier molecular flexibility index (Phi) is 4.57. The van der Waals surface area contributed by atoms with E-state index in [1.54, 1.807) is 0 Å². The minimum absolute atomic E-state index is 0.186. The minimum Gasteiger partial charge on any atom is -0.373 e. The van der Waals surface area contributed by atoms with Crippen molar-refractivity contribution in [1.29, 1.82) is 0 Å². The number of benzene rings is 1. The summed E-state index contributed by atoms with van der Waals surface area (Å²) in [5.74, 6) is 0. The number of hydrogen-bond donors (Lipinski definition) is 1. The van der Waals surface area contributed by atoms with Gasteiger partial charge >= 0.3 is 0 Å². The average molecular weight is 300 g/mol. The Labute approximate surface area is 131 Å². The first kappa shape index (κ1) is 15.2. The molecule has 0 bridgehead atoms. The fourth-order valence-electron chi connectivity index (χ4n) is 3.20. The predicted octanol–water partition coefficient (Wildman–Crippen LogP) is 1.98. The Morgan fingerprint density at radius 3 is 2.55 bits per heavy atom. The maximum absolute atomic E-state index is 6.05. The van der Waals surface area contributed by atoms with E-state index in [1.165, 1.54) is 0 Å². The van der Waals surface area contributed by atoms with Crippen molar-refractivity contribution in [3.05, 3.63) is 48.3 Å². The highest BCUT2D eigenvalue weighted by atomic mass is 16.5. The zero-order chi connectivity index (χ0) is 15.5. The first-order valence-electron chi connectivity index (χ1n) is 7.87. The van der Waals surface area contributed by atoms with E-state index in [-0.39, 0.29) is 18.2 Å². The van der Waals surface area contributed by atoms with Crippen LogP contribution < -0.4 is 5.73 Å². The maximum atomic E-state index is 6.05. The molecule has 2 aromatic rings.